The van der Waals surface area contributed by atoms with Crippen molar-refractivity contribution < 1.29 is 19.4 Å². The van der Waals surface area contributed by atoms with E-state index in [2.05, 4.69) is 29.5 Å². The molecule has 4 rings (SSSR count). The predicted molar refractivity (Wildman–Crippen MR) is 125 cm³/mol. The van der Waals surface area contributed by atoms with E-state index in [0.717, 1.165) is 52.9 Å². The Kier molecular flexibility index (Phi) is 6.77. The Morgan fingerprint density at radius 2 is 1.76 bits per heavy atom. The summed E-state index contributed by atoms with van der Waals surface area (Å²) in [7, 11) is 0. The van der Waals surface area contributed by atoms with Crippen molar-refractivity contribution >= 4 is 12.1 Å². The number of carboxylic acid groups (broad SMARTS) is 1. The number of carboxylic acids is 1. The van der Waals surface area contributed by atoms with Crippen LogP contribution in [0.4, 0.5) is 4.79 Å². The highest BCUT2D eigenvalue weighted by atomic mass is 16.5. The number of hydrogen-bond donors (Lipinski definition) is 2. The minimum Gasteiger partial charge on any atom is -0.480 e. The summed E-state index contributed by atoms with van der Waals surface area (Å²) in [6.07, 6.45) is 3.33. The first-order valence-electron chi connectivity index (χ1n) is 11.3. The Morgan fingerprint density at radius 3 is 2.36 bits per heavy atom. The standard InChI is InChI=1S/C26H29N3O4/c1-3-4-13-29-15-18(17(2)28-29)14-24(25(30)31)27-26(32)33-16-23-21-11-7-5-9-19(21)20-10-6-8-12-22(20)23/h5-12,15,23-24H,3-4,13-14,16H2,1-2H3,(H,27,32)(H,30,31). The van der Waals surface area contributed by atoms with Gasteiger partial charge in [-0.3, -0.25) is 4.68 Å². The minimum atomic E-state index is -1.11. The molecular weight excluding hydrogens is 418 g/mol. The first kappa shape index (κ1) is 22.6. The number of aromatic nitrogens is 2. The number of nitrogens with zero attached hydrogens (tertiary/aromatic N) is 2. The normalized spacial score (nSPS) is 13.3. The number of unbranched alkanes of at least 4 members (excludes halogenated alkanes) is 1. The summed E-state index contributed by atoms with van der Waals surface area (Å²) in [5.41, 5.74) is 6.07. The molecule has 3 aromatic rings. The molecule has 2 N–H and O–H groups in total. The van der Waals surface area contributed by atoms with Gasteiger partial charge in [-0.25, -0.2) is 9.59 Å². The van der Waals surface area contributed by atoms with Crippen LogP contribution in [0.3, 0.4) is 0 Å². The number of ether oxygens (including phenoxy) is 1. The van der Waals surface area contributed by atoms with Gasteiger partial charge < -0.3 is 15.2 Å². The van der Waals surface area contributed by atoms with Gasteiger partial charge in [-0.15, -0.1) is 0 Å². The van der Waals surface area contributed by atoms with E-state index in [-0.39, 0.29) is 18.9 Å². The Labute approximate surface area is 193 Å². The number of carbonyl (C=O) groups is 2. The smallest absolute Gasteiger partial charge is 0.407 e. The maximum atomic E-state index is 12.5. The van der Waals surface area contributed by atoms with E-state index in [1.165, 1.54) is 0 Å². The zero-order valence-corrected chi connectivity index (χ0v) is 19.0. The molecule has 0 saturated heterocycles. The number of rotatable bonds is 9. The van der Waals surface area contributed by atoms with Crippen molar-refractivity contribution in [3.05, 3.63) is 77.1 Å². The van der Waals surface area contributed by atoms with Gasteiger partial charge in [-0.05, 0) is 41.2 Å². The highest BCUT2D eigenvalue weighted by Crippen LogP contribution is 2.44. The second-order valence-corrected chi connectivity index (χ2v) is 8.42. The molecule has 1 aromatic heterocycles. The second-order valence-electron chi connectivity index (χ2n) is 8.42. The van der Waals surface area contributed by atoms with Crippen molar-refractivity contribution in [1.29, 1.82) is 0 Å². The third-order valence-electron chi connectivity index (χ3n) is 6.15. The average molecular weight is 448 g/mol. The van der Waals surface area contributed by atoms with Gasteiger partial charge >= 0.3 is 12.1 Å². The number of nitrogens with one attached hydrogen (secondary N) is 1. The third kappa shape index (κ3) is 4.92. The zero-order valence-electron chi connectivity index (χ0n) is 19.0. The van der Waals surface area contributed by atoms with Crippen LogP contribution in [0.1, 0.15) is 48.1 Å². The highest BCUT2D eigenvalue weighted by molar-refractivity contribution is 5.81. The van der Waals surface area contributed by atoms with E-state index >= 15 is 0 Å². The molecular formula is C26H29N3O4. The maximum Gasteiger partial charge on any atom is 0.407 e. The lowest BCUT2D eigenvalue weighted by molar-refractivity contribution is -0.139. The number of benzene rings is 2. The average Bonchev–Trinajstić information content (AvgIpc) is 3.33. The highest BCUT2D eigenvalue weighted by Gasteiger charge is 2.30. The summed E-state index contributed by atoms with van der Waals surface area (Å²) < 4.78 is 7.35. The molecule has 0 spiro atoms. The largest absolute Gasteiger partial charge is 0.480 e. The monoisotopic (exact) mass is 447 g/mol. The van der Waals surface area contributed by atoms with Crippen LogP contribution >= 0.6 is 0 Å². The number of carbonyl (C=O) groups excluding carboxylic acids is 1. The van der Waals surface area contributed by atoms with Crippen molar-refractivity contribution in [3.63, 3.8) is 0 Å². The van der Waals surface area contributed by atoms with E-state index in [0.29, 0.717) is 0 Å². The summed E-state index contributed by atoms with van der Waals surface area (Å²) in [5, 5.41) is 16.6. The van der Waals surface area contributed by atoms with Gasteiger partial charge in [0.2, 0.25) is 0 Å². The molecule has 0 aliphatic heterocycles. The first-order chi connectivity index (χ1) is 16.0. The van der Waals surface area contributed by atoms with Gasteiger partial charge in [0, 0.05) is 25.1 Å². The van der Waals surface area contributed by atoms with Crippen molar-refractivity contribution in [2.45, 2.75) is 51.6 Å². The van der Waals surface area contributed by atoms with E-state index < -0.39 is 18.1 Å². The lowest BCUT2D eigenvalue weighted by Gasteiger charge is -2.17. The van der Waals surface area contributed by atoms with Crippen LogP contribution in [-0.2, 0) is 22.5 Å². The van der Waals surface area contributed by atoms with E-state index in [9.17, 15) is 14.7 Å². The van der Waals surface area contributed by atoms with Gasteiger partial charge in [-0.1, -0.05) is 61.9 Å². The third-order valence-corrected chi connectivity index (χ3v) is 6.15. The number of fused-ring (bicyclic) bond motifs is 3. The molecule has 1 aliphatic carbocycles. The molecule has 1 unspecified atom stereocenters. The van der Waals surface area contributed by atoms with Gasteiger partial charge in [0.1, 0.15) is 12.6 Å². The van der Waals surface area contributed by atoms with Crippen LogP contribution in [0.5, 0.6) is 0 Å². The van der Waals surface area contributed by atoms with E-state index in [1.807, 2.05) is 54.2 Å². The van der Waals surface area contributed by atoms with Crippen LogP contribution in [0, 0.1) is 6.92 Å². The summed E-state index contributed by atoms with van der Waals surface area (Å²) in [6, 6.07) is 15.1. The molecule has 1 amide bonds. The molecule has 7 nitrogen and oxygen atoms in total. The molecule has 1 aliphatic rings. The zero-order chi connectivity index (χ0) is 23.4. The number of aryl methyl sites for hydroxylation is 2. The van der Waals surface area contributed by atoms with E-state index in [1.54, 1.807) is 0 Å². The molecule has 1 atom stereocenters. The van der Waals surface area contributed by atoms with E-state index in [4.69, 9.17) is 4.74 Å². The van der Waals surface area contributed by atoms with Crippen molar-refractivity contribution in [2.75, 3.05) is 6.61 Å². The summed E-state index contributed by atoms with van der Waals surface area (Å²) in [5.74, 6) is -1.19. The van der Waals surface area contributed by atoms with Crippen LogP contribution in [-0.4, -0.2) is 39.6 Å². The molecule has 0 bridgehead atoms. The Balaban J connectivity index is 1.40. The number of hydrogen-bond acceptors (Lipinski definition) is 4. The topological polar surface area (TPSA) is 93.5 Å². The minimum absolute atomic E-state index is 0.0783. The van der Waals surface area contributed by atoms with Crippen molar-refractivity contribution in [3.8, 4) is 11.1 Å². The SMILES string of the molecule is CCCCn1cc(CC(NC(=O)OCC2c3ccccc3-c3ccccc32)C(=O)O)c(C)n1. The maximum absolute atomic E-state index is 12.5. The fourth-order valence-corrected chi connectivity index (χ4v) is 4.40. The summed E-state index contributed by atoms with van der Waals surface area (Å²) in [4.78, 5) is 24.4. The molecule has 172 valence electrons. The Bertz CT molecular complexity index is 1110. The quantitative estimate of drug-likeness (QED) is 0.503. The second kappa shape index (κ2) is 9.90. The summed E-state index contributed by atoms with van der Waals surface area (Å²) >= 11 is 0. The Hall–Kier alpha value is -3.61. The lowest BCUT2D eigenvalue weighted by Crippen LogP contribution is -2.43. The lowest BCUT2D eigenvalue weighted by atomic mass is 9.98. The van der Waals surface area contributed by atoms with Crippen LogP contribution in [0.2, 0.25) is 0 Å². The van der Waals surface area contributed by atoms with Gasteiger partial charge in [0.25, 0.3) is 0 Å². The number of aliphatic carboxylic acids is 1. The fraction of sp³-hybridized carbons (Fsp3) is 0.346. The molecule has 0 saturated carbocycles. The van der Waals surface area contributed by atoms with Crippen LogP contribution in [0.15, 0.2) is 54.7 Å². The molecule has 0 radical (unpaired) electrons. The molecule has 7 heteroatoms. The summed E-state index contributed by atoms with van der Waals surface area (Å²) in [6.45, 7) is 4.88. The number of alkyl carbamates (subject to hydrolysis) is 1. The van der Waals surface area contributed by atoms with Gasteiger partial charge in [0.05, 0.1) is 5.69 Å². The molecule has 1 heterocycles. The van der Waals surface area contributed by atoms with Crippen molar-refractivity contribution in [1.82, 2.24) is 15.1 Å². The van der Waals surface area contributed by atoms with Crippen LogP contribution in [0.25, 0.3) is 11.1 Å². The molecule has 2 aromatic carbocycles. The van der Waals surface area contributed by atoms with Gasteiger partial charge in [0.15, 0.2) is 0 Å². The predicted octanol–water partition coefficient (Wildman–Crippen LogP) is 4.53. The van der Waals surface area contributed by atoms with Crippen LogP contribution < -0.4 is 5.32 Å². The Morgan fingerprint density at radius 1 is 1.12 bits per heavy atom. The first-order valence-corrected chi connectivity index (χ1v) is 11.3. The van der Waals surface area contributed by atoms with Crippen molar-refractivity contribution in [2.24, 2.45) is 0 Å². The fourth-order valence-electron chi connectivity index (χ4n) is 4.40. The van der Waals surface area contributed by atoms with Gasteiger partial charge in [-0.2, -0.15) is 5.10 Å². The molecule has 33 heavy (non-hydrogen) atoms. The number of amides is 1. The molecule has 0 fully saturated rings.